The third-order valence-electron chi connectivity index (χ3n) is 5.65. The van der Waals surface area contributed by atoms with Crippen LogP contribution in [0.25, 0.3) is 5.76 Å². The van der Waals surface area contributed by atoms with Gasteiger partial charge in [-0.3, -0.25) is 4.79 Å². The first-order chi connectivity index (χ1) is 12.8. The minimum Gasteiger partial charge on any atom is -0.507 e. The van der Waals surface area contributed by atoms with Gasteiger partial charge >= 0.3 is 0 Å². The van der Waals surface area contributed by atoms with E-state index in [1.54, 1.807) is 31.4 Å². The number of aliphatic hydroxyl groups excluding tert-OH is 1. The van der Waals surface area contributed by atoms with Crippen molar-refractivity contribution in [1.29, 1.82) is 0 Å². The summed E-state index contributed by atoms with van der Waals surface area (Å²) in [6.45, 7) is 6.85. The van der Waals surface area contributed by atoms with Gasteiger partial charge in [0.1, 0.15) is 11.5 Å². The lowest BCUT2D eigenvalue weighted by Gasteiger charge is -2.25. The zero-order valence-electron chi connectivity index (χ0n) is 16.5. The van der Waals surface area contributed by atoms with Gasteiger partial charge in [-0.05, 0) is 59.9 Å². The van der Waals surface area contributed by atoms with Crippen molar-refractivity contribution in [2.45, 2.75) is 39.0 Å². The molecule has 0 bridgehead atoms. The van der Waals surface area contributed by atoms with Crippen molar-refractivity contribution in [3.05, 3.63) is 71.3 Å². The Morgan fingerprint density at radius 2 is 1.67 bits per heavy atom. The lowest BCUT2D eigenvalue weighted by Crippen LogP contribution is -2.18. The van der Waals surface area contributed by atoms with Crippen LogP contribution in [0.2, 0.25) is 0 Å². The average molecular weight is 364 g/mol. The smallest absolute Gasteiger partial charge is 0.189 e. The lowest BCUT2D eigenvalue weighted by molar-refractivity contribution is 0.104. The molecule has 1 fully saturated rings. The Balaban J connectivity index is 1.71. The summed E-state index contributed by atoms with van der Waals surface area (Å²) in [5, 5.41) is 10.2. The largest absolute Gasteiger partial charge is 0.507 e. The predicted octanol–water partition coefficient (Wildman–Crippen LogP) is 5.80. The van der Waals surface area contributed by atoms with E-state index in [0.717, 1.165) is 11.8 Å². The van der Waals surface area contributed by atoms with Gasteiger partial charge in [0, 0.05) is 17.2 Å². The number of rotatable bonds is 7. The van der Waals surface area contributed by atoms with Crippen LogP contribution in [0.4, 0.5) is 0 Å². The van der Waals surface area contributed by atoms with Crippen LogP contribution in [0.5, 0.6) is 5.75 Å². The Bertz CT molecular complexity index is 829. The second kappa shape index (κ2) is 7.59. The maximum Gasteiger partial charge on any atom is 0.189 e. The average Bonchev–Trinajstić information content (AvgIpc) is 3.35. The van der Waals surface area contributed by atoms with E-state index >= 15 is 0 Å². The number of ether oxygens (including phenoxy) is 1. The van der Waals surface area contributed by atoms with E-state index in [9.17, 15) is 9.90 Å². The number of carbonyl (C=O) groups is 1. The molecule has 0 heterocycles. The van der Waals surface area contributed by atoms with Crippen molar-refractivity contribution < 1.29 is 14.6 Å². The molecule has 1 aliphatic rings. The molecule has 0 radical (unpaired) electrons. The number of allylic oxidation sites excluding steroid dienone is 1. The molecule has 142 valence electrons. The van der Waals surface area contributed by atoms with E-state index in [1.807, 2.05) is 24.3 Å². The third-order valence-corrected chi connectivity index (χ3v) is 5.65. The van der Waals surface area contributed by atoms with Crippen molar-refractivity contribution in [1.82, 2.24) is 0 Å². The molecule has 27 heavy (non-hydrogen) atoms. The minimum absolute atomic E-state index is 0.0465. The summed E-state index contributed by atoms with van der Waals surface area (Å²) in [6.07, 6.45) is 3.78. The number of benzene rings is 2. The summed E-state index contributed by atoms with van der Waals surface area (Å²) in [4.78, 5) is 12.5. The fourth-order valence-corrected chi connectivity index (χ4v) is 3.60. The molecule has 0 aliphatic heterocycles. The molecule has 0 amide bonds. The Hall–Kier alpha value is -2.55. The number of aliphatic hydroxyl groups is 1. The summed E-state index contributed by atoms with van der Waals surface area (Å²) in [7, 11) is 1.59. The molecule has 2 aromatic rings. The van der Waals surface area contributed by atoms with Crippen LogP contribution in [0.3, 0.4) is 0 Å². The van der Waals surface area contributed by atoms with E-state index in [-0.39, 0.29) is 17.0 Å². The van der Waals surface area contributed by atoms with Gasteiger partial charge in [-0.2, -0.15) is 0 Å². The molecular weight excluding hydrogens is 336 g/mol. The van der Waals surface area contributed by atoms with E-state index in [0.29, 0.717) is 16.9 Å². The first kappa shape index (κ1) is 19.2. The first-order valence-electron chi connectivity index (χ1n) is 9.50. The zero-order valence-corrected chi connectivity index (χ0v) is 16.5. The van der Waals surface area contributed by atoms with E-state index in [2.05, 4.69) is 20.8 Å². The van der Waals surface area contributed by atoms with Crippen molar-refractivity contribution in [2.75, 3.05) is 7.11 Å². The minimum atomic E-state index is -0.205. The van der Waals surface area contributed by atoms with Gasteiger partial charge in [0.15, 0.2) is 5.78 Å². The molecular formula is C24H28O3. The summed E-state index contributed by atoms with van der Waals surface area (Å²) >= 11 is 0. The number of methoxy groups -OCH3 is 1. The number of hydrogen-bond donors (Lipinski definition) is 1. The summed E-state index contributed by atoms with van der Waals surface area (Å²) in [5.74, 6) is 2.12. The molecule has 0 spiro atoms. The monoisotopic (exact) mass is 364 g/mol. The number of ketones is 1. The van der Waals surface area contributed by atoms with Gasteiger partial charge in [-0.25, -0.2) is 0 Å². The fraction of sp³-hybridized carbons (Fsp3) is 0.375. The normalized spacial score (nSPS) is 19.6. The summed E-state index contributed by atoms with van der Waals surface area (Å²) in [5.41, 5.74) is 2.52. The Morgan fingerprint density at radius 3 is 2.19 bits per heavy atom. The number of hydrogen-bond acceptors (Lipinski definition) is 3. The van der Waals surface area contributed by atoms with E-state index in [1.165, 1.54) is 24.5 Å². The third kappa shape index (κ3) is 4.60. The van der Waals surface area contributed by atoms with Gasteiger partial charge in [-0.15, -0.1) is 0 Å². The molecule has 2 atom stereocenters. The van der Waals surface area contributed by atoms with Crippen molar-refractivity contribution in [3.8, 4) is 5.75 Å². The summed E-state index contributed by atoms with van der Waals surface area (Å²) in [6, 6.07) is 14.7. The second-order valence-corrected chi connectivity index (χ2v) is 8.26. The Labute approximate surface area is 161 Å². The van der Waals surface area contributed by atoms with Crippen LogP contribution in [-0.2, 0) is 5.41 Å². The molecule has 0 saturated heterocycles. The molecule has 1 saturated carbocycles. The molecule has 2 aromatic carbocycles. The van der Waals surface area contributed by atoms with Crippen LogP contribution >= 0.6 is 0 Å². The maximum absolute atomic E-state index is 12.5. The molecule has 3 nitrogen and oxygen atoms in total. The molecule has 1 aliphatic carbocycles. The van der Waals surface area contributed by atoms with Crippen molar-refractivity contribution in [3.63, 3.8) is 0 Å². The number of carbonyl (C=O) groups excluding carboxylic acids is 1. The lowest BCUT2D eigenvalue weighted by atomic mass is 9.79. The van der Waals surface area contributed by atoms with E-state index in [4.69, 9.17) is 4.74 Å². The molecule has 3 rings (SSSR count). The Morgan fingerprint density at radius 1 is 1.11 bits per heavy atom. The quantitative estimate of drug-likeness (QED) is 0.384. The van der Waals surface area contributed by atoms with Crippen LogP contribution in [0, 0.1) is 11.8 Å². The highest BCUT2D eigenvalue weighted by molar-refractivity contribution is 6.07. The van der Waals surface area contributed by atoms with Crippen molar-refractivity contribution >= 4 is 11.5 Å². The van der Waals surface area contributed by atoms with Crippen molar-refractivity contribution in [2.24, 2.45) is 11.8 Å². The second-order valence-electron chi connectivity index (χ2n) is 8.26. The molecule has 1 unspecified atom stereocenters. The van der Waals surface area contributed by atoms with Crippen LogP contribution < -0.4 is 4.74 Å². The maximum atomic E-state index is 12.5. The molecule has 3 heteroatoms. The SMILES string of the molecule is COc1ccc(/C(O)=C/C(=O)c2ccc(C(C)(C)C[C@H]3CC3C)cc2)cc1. The van der Waals surface area contributed by atoms with E-state index < -0.39 is 0 Å². The molecule has 0 aromatic heterocycles. The highest BCUT2D eigenvalue weighted by Gasteiger charge is 2.37. The Kier molecular flexibility index (Phi) is 5.41. The predicted molar refractivity (Wildman–Crippen MR) is 109 cm³/mol. The first-order valence-corrected chi connectivity index (χ1v) is 9.50. The van der Waals surface area contributed by atoms with Crippen LogP contribution in [0.15, 0.2) is 54.6 Å². The van der Waals surface area contributed by atoms with Gasteiger partial charge in [-0.1, -0.05) is 45.0 Å². The highest BCUT2D eigenvalue weighted by Crippen LogP contribution is 2.46. The standard InChI is InChI=1S/C24H28O3/c1-16-13-19(16)15-24(2,3)20-9-5-17(6-10-20)22(25)14-23(26)18-7-11-21(27-4)12-8-18/h5-12,14,16,19,26H,13,15H2,1-4H3/b23-14-/t16?,19-/m1/s1. The van der Waals surface area contributed by atoms with Gasteiger partial charge < -0.3 is 9.84 Å². The fourth-order valence-electron chi connectivity index (χ4n) is 3.60. The highest BCUT2D eigenvalue weighted by atomic mass is 16.5. The molecule has 1 N–H and O–H groups in total. The zero-order chi connectivity index (χ0) is 19.6. The summed E-state index contributed by atoms with van der Waals surface area (Å²) < 4.78 is 5.10. The van der Waals surface area contributed by atoms with Gasteiger partial charge in [0.2, 0.25) is 0 Å². The topological polar surface area (TPSA) is 46.5 Å². The van der Waals surface area contributed by atoms with Gasteiger partial charge in [0.05, 0.1) is 7.11 Å². The van der Waals surface area contributed by atoms with Crippen LogP contribution in [0.1, 0.15) is 55.1 Å². The van der Waals surface area contributed by atoms with Gasteiger partial charge in [0.25, 0.3) is 0 Å². The van der Waals surface area contributed by atoms with Crippen LogP contribution in [-0.4, -0.2) is 18.0 Å².